The standard InChI is InChI=1S/C19H20N4O4S/c1-25-16-10-14(20-18(22-16)26-2)17(24)23(11-12-6-5-9-27-12)19-21-13-7-3-4-8-15(13)28-19/h3-4,7-8,10,12H,5-6,9,11H2,1-2H3. The van der Waals surface area contributed by atoms with Gasteiger partial charge in [0.1, 0.15) is 5.69 Å². The molecule has 1 aliphatic heterocycles. The molecule has 0 bridgehead atoms. The number of anilines is 1. The summed E-state index contributed by atoms with van der Waals surface area (Å²) in [7, 11) is 2.93. The van der Waals surface area contributed by atoms with Gasteiger partial charge in [-0.25, -0.2) is 4.98 Å². The number of hydrogen-bond acceptors (Lipinski definition) is 8. The van der Waals surface area contributed by atoms with Crippen LogP contribution in [0.3, 0.4) is 0 Å². The van der Waals surface area contributed by atoms with Crippen LogP contribution in [0.15, 0.2) is 30.3 Å². The number of rotatable bonds is 6. The lowest BCUT2D eigenvalue weighted by atomic mass is 10.2. The summed E-state index contributed by atoms with van der Waals surface area (Å²) in [6, 6.07) is 9.38. The maximum Gasteiger partial charge on any atom is 0.320 e. The summed E-state index contributed by atoms with van der Waals surface area (Å²) in [5.41, 5.74) is 1.03. The van der Waals surface area contributed by atoms with Crippen LogP contribution in [-0.4, -0.2) is 54.3 Å². The van der Waals surface area contributed by atoms with E-state index in [-0.39, 0.29) is 29.6 Å². The molecule has 9 heteroatoms. The van der Waals surface area contributed by atoms with Crippen molar-refractivity contribution < 1.29 is 19.0 Å². The van der Waals surface area contributed by atoms with Gasteiger partial charge in [0.2, 0.25) is 5.88 Å². The summed E-state index contributed by atoms with van der Waals surface area (Å²) in [5.74, 6) is -0.0369. The van der Waals surface area contributed by atoms with E-state index in [4.69, 9.17) is 14.2 Å². The third kappa shape index (κ3) is 3.76. The van der Waals surface area contributed by atoms with E-state index in [9.17, 15) is 4.79 Å². The number of methoxy groups -OCH3 is 2. The minimum atomic E-state index is -0.298. The predicted molar refractivity (Wildman–Crippen MR) is 105 cm³/mol. The fraction of sp³-hybridized carbons (Fsp3) is 0.368. The molecule has 3 aromatic rings. The van der Waals surface area contributed by atoms with Crippen LogP contribution >= 0.6 is 11.3 Å². The SMILES string of the molecule is COc1cc(C(=O)N(CC2CCCO2)c2nc3ccccc3s2)nc(OC)n1. The molecule has 2 aromatic heterocycles. The number of carbonyl (C=O) groups is 1. The number of nitrogens with zero attached hydrogens (tertiary/aromatic N) is 4. The summed E-state index contributed by atoms with van der Waals surface area (Å²) >= 11 is 1.46. The first-order valence-electron chi connectivity index (χ1n) is 8.94. The average molecular weight is 400 g/mol. The molecule has 1 atom stereocenters. The van der Waals surface area contributed by atoms with E-state index in [1.165, 1.54) is 31.6 Å². The van der Waals surface area contributed by atoms with E-state index < -0.39 is 0 Å². The van der Waals surface area contributed by atoms with Crippen LogP contribution < -0.4 is 14.4 Å². The maximum atomic E-state index is 13.4. The van der Waals surface area contributed by atoms with E-state index in [1.807, 2.05) is 24.3 Å². The smallest absolute Gasteiger partial charge is 0.320 e. The molecule has 1 aliphatic rings. The van der Waals surface area contributed by atoms with Crippen molar-refractivity contribution in [1.82, 2.24) is 15.0 Å². The zero-order valence-corrected chi connectivity index (χ0v) is 16.4. The molecule has 1 saturated heterocycles. The maximum absolute atomic E-state index is 13.4. The number of thiazole rings is 1. The molecule has 28 heavy (non-hydrogen) atoms. The second-order valence-corrected chi connectivity index (χ2v) is 7.31. The Bertz CT molecular complexity index is 932. The normalized spacial score (nSPS) is 16.3. The lowest BCUT2D eigenvalue weighted by Crippen LogP contribution is -2.38. The van der Waals surface area contributed by atoms with Crippen molar-refractivity contribution in [2.45, 2.75) is 18.9 Å². The van der Waals surface area contributed by atoms with Crippen LogP contribution in [0.4, 0.5) is 5.13 Å². The summed E-state index contributed by atoms with van der Waals surface area (Å²) in [4.78, 5) is 27.9. The Morgan fingerprint density at radius 3 is 2.82 bits per heavy atom. The average Bonchev–Trinajstić information content (AvgIpc) is 3.40. The molecule has 0 aliphatic carbocycles. The van der Waals surface area contributed by atoms with Gasteiger partial charge in [-0.15, -0.1) is 0 Å². The Morgan fingerprint density at radius 1 is 1.25 bits per heavy atom. The number of ether oxygens (including phenoxy) is 3. The zero-order chi connectivity index (χ0) is 19.5. The summed E-state index contributed by atoms with van der Waals surface area (Å²) in [6.45, 7) is 1.12. The van der Waals surface area contributed by atoms with Crippen molar-refractivity contribution in [1.29, 1.82) is 0 Å². The highest BCUT2D eigenvalue weighted by Gasteiger charge is 2.28. The highest BCUT2D eigenvalue weighted by atomic mass is 32.1. The van der Waals surface area contributed by atoms with Gasteiger partial charge in [-0.2, -0.15) is 9.97 Å². The van der Waals surface area contributed by atoms with Gasteiger partial charge in [0, 0.05) is 12.7 Å². The van der Waals surface area contributed by atoms with Crippen LogP contribution in [0.2, 0.25) is 0 Å². The van der Waals surface area contributed by atoms with Crippen molar-refractivity contribution >= 4 is 32.6 Å². The van der Waals surface area contributed by atoms with Gasteiger partial charge >= 0.3 is 6.01 Å². The molecule has 1 aromatic carbocycles. The number of para-hydroxylation sites is 1. The highest BCUT2D eigenvalue weighted by molar-refractivity contribution is 7.22. The fourth-order valence-corrected chi connectivity index (χ4v) is 4.04. The van der Waals surface area contributed by atoms with E-state index >= 15 is 0 Å². The second-order valence-electron chi connectivity index (χ2n) is 6.30. The van der Waals surface area contributed by atoms with Crippen LogP contribution in [0, 0.1) is 0 Å². The molecule has 0 N–H and O–H groups in total. The lowest BCUT2D eigenvalue weighted by molar-refractivity contribution is 0.0912. The van der Waals surface area contributed by atoms with Gasteiger partial charge in [0.25, 0.3) is 5.91 Å². The Morgan fingerprint density at radius 2 is 2.11 bits per heavy atom. The van der Waals surface area contributed by atoms with Gasteiger partial charge in [0.15, 0.2) is 5.13 Å². The molecule has 1 fully saturated rings. The van der Waals surface area contributed by atoms with Crippen molar-refractivity contribution in [2.24, 2.45) is 0 Å². The molecule has 1 unspecified atom stereocenters. The molecule has 3 heterocycles. The minimum Gasteiger partial charge on any atom is -0.481 e. The number of aromatic nitrogens is 3. The Kier molecular flexibility index (Phi) is 5.36. The van der Waals surface area contributed by atoms with E-state index in [0.717, 1.165) is 23.1 Å². The van der Waals surface area contributed by atoms with Gasteiger partial charge in [-0.05, 0) is 25.0 Å². The van der Waals surface area contributed by atoms with Crippen LogP contribution in [0.5, 0.6) is 11.9 Å². The van der Waals surface area contributed by atoms with Crippen LogP contribution in [0.1, 0.15) is 23.3 Å². The zero-order valence-electron chi connectivity index (χ0n) is 15.6. The Labute approximate surface area is 166 Å². The number of hydrogen-bond donors (Lipinski definition) is 0. The minimum absolute atomic E-state index is 0.0263. The molecule has 0 saturated carbocycles. The number of amides is 1. The topological polar surface area (TPSA) is 86.7 Å². The van der Waals surface area contributed by atoms with Crippen molar-refractivity contribution in [3.05, 3.63) is 36.0 Å². The molecular formula is C19H20N4O4S. The quantitative estimate of drug-likeness (QED) is 0.629. The number of fused-ring (bicyclic) bond motifs is 1. The highest BCUT2D eigenvalue weighted by Crippen LogP contribution is 2.31. The van der Waals surface area contributed by atoms with Crippen molar-refractivity contribution in [3.8, 4) is 11.9 Å². The number of benzene rings is 1. The molecule has 1 amide bonds. The summed E-state index contributed by atoms with van der Waals surface area (Å²) < 4.78 is 17.0. The first-order valence-corrected chi connectivity index (χ1v) is 9.75. The van der Waals surface area contributed by atoms with Crippen LogP contribution in [0.25, 0.3) is 10.2 Å². The first kappa shape index (κ1) is 18.6. The third-order valence-electron chi connectivity index (χ3n) is 4.46. The van der Waals surface area contributed by atoms with Crippen molar-refractivity contribution in [3.63, 3.8) is 0 Å². The Balaban J connectivity index is 1.72. The molecule has 8 nitrogen and oxygen atoms in total. The fourth-order valence-electron chi connectivity index (χ4n) is 3.06. The predicted octanol–water partition coefficient (Wildman–Crippen LogP) is 2.93. The third-order valence-corrected chi connectivity index (χ3v) is 5.52. The monoisotopic (exact) mass is 400 g/mol. The molecule has 0 radical (unpaired) electrons. The first-order chi connectivity index (χ1) is 13.7. The number of carbonyl (C=O) groups excluding carboxylic acids is 1. The largest absolute Gasteiger partial charge is 0.481 e. The van der Waals surface area contributed by atoms with E-state index in [1.54, 1.807) is 4.90 Å². The van der Waals surface area contributed by atoms with Crippen molar-refractivity contribution in [2.75, 3.05) is 32.3 Å². The molecule has 0 spiro atoms. The van der Waals surface area contributed by atoms with Gasteiger partial charge in [0.05, 0.1) is 37.1 Å². The van der Waals surface area contributed by atoms with Gasteiger partial charge < -0.3 is 14.2 Å². The second kappa shape index (κ2) is 8.07. The van der Waals surface area contributed by atoms with E-state index in [0.29, 0.717) is 18.3 Å². The van der Waals surface area contributed by atoms with Gasteiger partial charge in [-0.3, -0.25) is 9.69 Å². The van der Waals surface area contributed by atoms with Crippen LogP contribution in [-0.2, 0) is 4.74 Å². The summed E-state index contributed by atoms with van der Waals surface area (Å²) in [6.07, 6.45) is 1.87. The van der Waals surface area contributed by atoms with Gasteiger partial charge in [-0.1, -0.05) is 23.5 Å². The lowest BCUT2D eigenvalue weighted by Gasteiger charge is -2.22. The molecule has 146 valence electrons. The Hall–Kier alpha value is -2.78. The summed E-state index contributed by atoms with van der Waals surface area (Å²) in [5, 5.41) is 0.609. The molecule has 4 rings (SSSR count). The molecular weight excluding hydrogens is 380 g/mol. The van der Waals surface area contributed by atoms with E-state index in [2.05, 4.69) is 15.0 Å².